The number of halogens is 2. The summed E-state index contributed by atoms with van der Waals surface area (Å²) in [7, 11) is 1.61. The average Bonchev–Trinajstić information content (AvgIpc) is 2.98. The van der Waals surface area contributed by atoms with E-state index >= 15 is 0 Å². The van der Waals surface area contributed by atoms with Gasteiger partial charge in [0.05, 0.1) is 11.4 Å². The van der Waals surface area contributed by atoms with Crippen LogP contribution in [0.4, 0.5) is 14.5 Å². The molecule has 0 radical (unpaired) electrons. The summed E-state index contributed by atoms with van der Waals surface area (Å²) in [6.45, 7) is 1.22. The number of carbonyl (C=O) groups excluding carboxylic acids is 3. The molecular weight excluding hydrogens is 478 g/mol. The van der Waals surface area contributed by atoms with Crippen LogP contribution < -0.4 is 15.5 Å². The van der Waals surface area contributed by atoms with Gasteiger partial charge < -0.3 is 15.5 Å². The molecule has 0 bridgehead atoms. The van der Waals surface area contributed by atoms with E-state index < -0.39 is 41.4 Å². The molecule has 1 heterocycles. The Bertz CT molecular complexity index is 1340. The summed E-state index contributed by atoms with van der Waals surface area (Å²) >= 11 is 0. The Morgan fingerprint density at radius 1 is 0.946 bits per heavy atom. The molecule has 2 atom stereocenters. The first-order valence-corrected chi connectivity index (χ1v) is 11.7. The fourth-order valence-corrected chi connectivity index (χ4v) is 4.05. The van der Waals surface area contributed by atoms with Crippen molar-refractivity contribution in [1.29, 1.82) is 0 Å². The first-order valence-electron chi connectivity index (χ1n) is 11.7. The lowest BCUT2D eigenvalue weighted by atomic mass is 10.0. The zero-order chi connectivity index (χ0) is 26.5. The smallest absolute Gasteiger partial charge is 0.272 e. The van der Waals surface area contributed by atoms with Crippen molar-refractivity contribution in [3.8, 4) is 0 Å². The molecule has 190 valence electrons. The van der Waals surface area contributed by atoms with Gasteiger partial charge in [-0.1, -0.05) is 48.5 Å². The predicted molar refractivity (Wildman–Crippen MR) is 136 cm³/mol. The lowest BCUT2D eigenvalue weighted by molar-refractivity contribution is -0.136. The lowest BCUT2D eigenvalue weighted by Gasteiger charge is -2.22. The SMILES string of the molecule is CC(C(=O)NCc1cc(F)cc(F)c1)C(=O)NC1N=C(Cc2ccccc2)c2ccccc2N(C)C1=O. The topological polar surface area (TPSA) is 90.9 Å². The quantitative estimate of drug-likeness (QED) is 0.484. The second-order valence-electron chi connectivity index (χ2n) is 8.78. The van der Waals surface area contributed by atoms with E-state index in [4.69, 9.17) is 0 Å². The Balaban J connectivity index is 1.51. The van der Waals surface area contributed by atoms with Gasteiger partial charge in [0, 0.05) is 31.6 Å². The zero-order valence-electron chi connectivity index (χ0n) is 20.4. The maximum absolute atomic E-state index is 13.4. The Morgan fingerprint density at radius 2 is 1.59 bits per heavy atom. The van der Waals surface area contributed by atoms with Gasteiger partial charge in [0.25, 0.3) is 5.91 Å². The monoisotopic (exact) mass is 504 g/mol. The highest BCUT2D eigenvalue weighted by Crippen LogP contribution is 2.26. The van der Waals surface area contributed by atoms with Gasteiger partial charge in [-0.25, -0.2) is 8.78 Å². The fraction of sp³-hybridized carbons (Fsp3) is 0.214. The van der Waals surface area contributed by atoms with Crippen LogP contribution in [0.1, 0.15) is 23.6 Å². The normalized spacial score (nSPS) is 15.8. The predicted octanol–water partition coefficient (Wildman–Crippen LogP) is 3.37. The van der Waals surface area contributed by atoms with E-state index in [2.05, 4.69) is 15.6 Å². The van der Waals surface area contributed by atoms with Crippen LogP contribution in [0.25, 0.3) is 0 Å². The van der Waals surface area contributed by atoms with Crippen LogP contribution in [-0.4, -0.2) is 36.6 Å². The molecule has 3 aromatic rings. The number of nitrogens with one attached hydrogen (secondary N) is 2. The van der Waals surface area contributed by atoms with Crippen LogP contribution in [0.5, 0.6) is 0 Å². The number of likely N-dealkylation sites (N-methyl/N-ethyl adjacent to an activating group) is 1. The number of benzodiazepines with no additional fused rings is 1. The summed E-state index contributed by atoms with van der Waals surface area (Å²) in [6, 6.07) is 19.9. The highest BCUT2D eigenvalue weighted by Gasteiger charge is 2.32. The number of aliphatic imine (C=N–C) groups is 1. The minimum atomic E-state index is -1.24. The molecule has 0 aromatic heterocycles. The highest BCUT2D eigenvalue weighted by molar-refractivity contribution is 6.14. The Kier molecular flexibility index (Phi) is 7.71. The number of para-hydroxylation sites is 1. The van der Waals surface area contributed by atoms with Crippen LogP contribution in [0.3, 0.4) is 0 Å². The van der Waals surface area contributed by atoms with Crippen LogP contribution >= 0.6 is 0 Å². The van der Waals surface area contributed by atoms with Crippen molar-refractivity contribution in [1.82, 2.24) is 10.6 Å². The summed E-state index contributed by atoms with van der Waals surface area (Å²) in [5.41, 5.74) is 3.25. The van der Waals surface area contributed by atoms with Gasteiger partial charge in [0.15, 0.2) is 0 Å². The molecule has 37 heavy (non-hydrogen) atoms. The largest absolute Gasteiger partial charge is 0.351 e. The zero-order valence-corrected chi connectivity index (χ0v) is 20.4. The molecule has 0 fully saturated rings. The Labute approximate surface area is 213 Å². The molecule has 7 nitrogen and oxygen atoms in total. The van der Waals surface area contributed by atoms with Crippen molar-refractivity contribution >= 4 is 29.1 Å². The molecule has 2 unspecified atom stereocenters. The van der Waals surface area contributed by atoms with E-state index in [9.17, 15) is 23.2 Å². The van der Waals surface area contributed by atoms with Gasteiger partial charge in [-0.05, 0) is 36.2 Å². The van der Waals surface area contributed by atoms with Gasteiger partial charge in [0.1, 0.15) is 17.6 Å². The molecule has 0 saturated carbocycles. The minimum Gasteiger partial charge on any atom is -0.351 e. The van der Waals surface area contributed by atoms with Crippen LogP contribution in [0, 0.1) is 17.6 Å². The summed E-state index contributed by atoms with van der Waals surface area (Å²) < 4.78 is 26.8. The van der Waals surface area contributed by atoms with Crippen molar-refractivity contribution in [3.63, 3.8) is 0 Å². The van der Waals surface area contributed by atoms with Crippen LogP contribution in [0.15, 0.2) is 77.8 Å². The van der Waals surface area contributed by atoms with E-state index in [-0.39, 0.29) is 12.1 Å². The summed E-state index contributed by atoms with van der Waals surface area (Å²) in [6.07, 6.45) is -0.804. The third-order valence-corrected chi connectivity index (χ3v) is 6.09. The maximum atomic E-state index is 13.4. The summed E-state index contributed by atoms with van der Waals surface area (Å²) in [5, 5.41) is 5.08. The number of carbonyl (C=O) groups is 3. The third kappa shape index (κ3) is 6.06. The number of nitrogens with zero attached hydrogens (tertiary/aromatic N) is 2. The molecule has 1 aliphatic rings. The van der Waals surface area contributed by atoms with E-state index in [0.29, 0.717) is 17.8 Å². The number of benzene rings is 3. The molecule has 0 aliphatic carbocycles. The van der Waals surface area contributed by atoms with E-state index in [1.165, 1.54) is 11.8 Å². The van der Waals surface area contributed by atoms with Crippen molar-refractivity contribution in [3.05, 3.63) is 101 Å². The molecule has 3 aromatic carbocycles. The number of anilines is 1. The molecule has 9 heteroatoms. The Hall–Kier alpha value is -4.40. The molecule has 0 spiro atoms. The number of hydrogen-bond donors (Lipinski definition) is 2. The first-order chi connectivity index (χ1) is 17.7. The molecule has 0 saturated heterocycles. The standard InChI is InChI=1S/C28H26F2N4O3/c1-17(26(35)31-16-19-12-20(29)15-21(30)13-19)27(36)33-25-28(37)34(2)24-11-7-6-10-22(24)23(32-25)14-18-8-4-3-5-9-18/h3-13,15,17,25H,14,16H2,1-2H3,(H,31,35)(H,33,36). The van der Waals surface area contributed by atoms with E-state index in [0.717, 1.165) is 29.3 Å². The molecule has 3 amide bonds. The van der Waals surface area contributed by atoms with Crippen LogP contribution in [-0.2, 0) is 27.3 Å². The second-order valence-corrected chi connectivity index (χ2v) is 8.78. The molecule has 4 rings (SSSR count). The molecule has 1 aliphatic heterocycles. The van der Waals surface area contributed by atoms with E-state index in [1.54, 1.807) is 7.05 Å². The van der Waals surface area contributed by atoms with Crippen molar-refractivity contribution < 1.29 is 23.2 Å². The lowest BCUT2D eigenvalue weighted by Crippen LogP contribution is -2.49. The van der Waals surface area contributed by atoms with Crippen molar-refractivity contribution in [2.75, 3.05) is 11.9 Å². The van der Waals surface area contributed by atoms with E-state index in [1.807, 2.05) is 54.6 Å². The van der Waals surface area contributed by atoms with Crippen molar-refractivity contribution in [2.45, 2.75) is 26.1 Å². The average molecular weight is 505 g/mol. The number of rotatable bonds is 7. The van der Waals surface area contributed by atoms with Gasteiger partial charge in [-0.3, -0.25) is 19.4 Å². The first kappa shape index (κ1) is 25.7. The van der Waals surface area contributed by atoms with Crippen LogP contribution in [0.2, 0.25) is 0 Å². The van der Waals surface area contributed by atoms with Gasteiger partial charge in [-0.15, -0.1) is 0 Å². The number of fused-ring (bicyclic) bond motifs is 1. The Morgan fingerprint density at radius 3 is 2.30 bits per heavy atom. The molecular formula is C28H26F2N4O3. The fourth-order valence-electron chi connectivity index (χ4n) is 4.05. The van der Waals surface area contributed by atoms with Crippen molar-refractivity contribution in [2.24, 2.45) is 10.9 Å². The summed E-state index contributed by atoms with van der Waals surface area (Å²) in [4.78, 5) is 44.8. The maximum Gasteiger partial charge on any atom is 0.272 e. The second kappa shape index (κ2) is 11.1. The van der Waals surface area contributed by atoms with Gasteiger partial charge in [0.2, 0.25) is 18.0 Å². The third-order valence-electron chi connectivity index (χ3n) is 6.09. The summed E-state index contributed by atoms with van der Waals surface area (Å²) in [5.74, 6) is -4.54. The molecule has 2 N–H and O–H groups in total. The number of hydrogen-bond acceptors (Lipinski definition) is 4. The van der Waals surface area contributed by atoms with Gasteiger partial charge in [-0.2, -0.15) is 0 Å². The number of amides is 3. The minimum absolute atomic E-state index is 0.162. The highest BCUT2D eigenvalue weighted by atomic mass is 19.1. The van der Waals surface area contributed by atoms with Gasteiger partial charge >= 0.3 is 0 Å².